The minimum atomic E-state index is -6.10. The molecule has 0 aliphatic rings. The first-order valence-corrected chi connectivity index (χ1v) is 7.06. The second-order valence-corrected chi connectivity index (χ2v) is 5.61. The zero-order valence-electron chi connectivity index (χ0n) is 13.1. The predicted octanol–water partition coefficient (Wildman–Crippen LogP) is 6.07. The number of phenolic OH excluding ortho intramolecular Hbond substituents is 2. The molecule has 2 aromatic rings. The Balaban J connectivity index is 2.65. The molecule has 0 fully saturated rings. The molecular weight excluding hydrogens is 414 g/mol. The second-order valence-electron chi connectivity index (χ2n) is 5.61. The highest BCUT2D eigenvalue weighted by atomic mass is 19.4. The van der Waals surface area contributed by atoms with E-state index in [-0.39, 0.29) is 12.1 Å². The SMILES string of the molecule is Oc1ccc(-c2ccc(O)c(C(F)(F)C(F)(F)F)c2)cc1C(F)(F)C(F)(F)F. The Morgan fingerprint density at radius 1 is 0.500 bits per heavy atom. The highest BCUT2D eigenvalue weighted by Gasteiger charge is 2.61. The van der Waals surface area contributed by atoms with Gasteiger partial charge in [-0.05, 0) is 35.4 Å². The van der Waals surface area contributed by atoms with Gasteiger partial charge in [0.2, 0.25) is 0 Å². The summed E-state index contributed by atoms with van der Waals surface area (Å²) in [6.07, 6.45) is -12.2. The van der Waals surface area contributed by atoms with Gasteiger partial charge in [0.15, 0.2) is 0 Å². The van der Waals surface area contributed by atoms with Gasteiger partial charge in [0, 0.05) is 0 Å². The topological polar surface area (TPSA) is 40.5 Å². The normalized spacial score (nSPS) is 13.6. The minimum Gasteiger partial charge on any atom is -0.507 e. The van der Waals surface area contributed by atoms with E-state index in [9.17, 15) is 54.1 Å². The number of halogens is 10. The van der Waals surface area contributed by atoms with Gasteiger partial charge in [-0.3, -0.25) is 0 Å². The number of rotatable bonds is 3. The van der Waals surface area contributed by atoms with Crippen molar-refractivity contribution in [2.45, 2.75) is 24.2 Å². The van der Waals surface area contributed by atoms with Crippen molar-refractivity contribution in [1.29, 1.82) is 0 Å². The van der Waals surface area contributed by atoms with Crippen molar-refractivity contribution in [2.75, 3.05) is 0 Å². The number of hydrogen-bond donors (Lipinski definition) is 2. The summed E-state index contributed by atoms with van der Waals surface area (Å²) in [5.41, 5.74) is -5.10. The molecule has 0 amide bonds. The van der Waals surface area contributed by atoms with Gasteiger partial charge in [-0.1, -0.05) is 12.1 Å². The quantitative estimate of drug-likeness (QED) is 0.590. The first-order valence-electron chi connectivity index (χ1n) is 7.06. The molecule has 0 atom stereocenters. The van der Waals surface area contributed by atoms with Gasteiger partial charge in [-0.25, -0.2) is 0 Å². The van der Waals surface area contributed by atoms with Gasteiger partial charge in [0.1, 0.15) is 11.5 Å². The predicted molar refractivity (Wildman–Crippen MR) is 75.1 cm³/mol. The molecule has 0 unspecified atom stereocenters. The molecule has 0 saturated carbocycles. The fraction of sp³-hybridized carbons (Fsp3) is 0.250. The maximum Gasteiger partial charge on any atom is 0.458 e. The van der Waals surface area contributed by atoms with Crippen LogP contribution in [-0.4, -0.2) is 22.6 Å². The van der Waals surface area contributed by atoms with Crippen LogP contribution in [0.25, 0.3) is 11.1 Å². The third kappa shape index (κ3) is 3.54. The van der Waals surface area contributed by atoms with Gasteiger partial charge in [-0.15, -0.1) is 0 Å². The van der Waals surface area contributed by atoms with Crippen LogP contribution in [0.4, 0.5) is 43.9 Å². The third-order valence-electron chi connectivity index (χ3n) is 3.72. The number of phenols is 2. The lowest BCUT2D eigenvalue weighted by Gasteiger charge is -2.22. The molecule has 2 aromatic carbocycles. The Morgan fingerprint density at radius 2 is 0.786 bits per heavy atom. The maximum absolute atomic E-state index is 13.5. The molecule has 0 radical (unpaired) electrons. The Morgan fingerprint density at radius 3 is 1.04 bits per heavy atom. The first-order chi connectivity index (χ1) is 12.5. The van der Waals surface area contributed by atoms with E-state index < -0.39 is 58.0 Å². The van der Waals surface area contributed by atoms with Crippen molar-refractivity contribution < 1.29 is 54.1 Å². The molecular formula is C16H8F10O2. The zero-order chi connectivity index (χ0) is 21.7. The molecule has 0 heterocycles. The van der Waals surface area contributed by atoms with Crippen LogP contribution in [0.2, 0.25) is 0 Å². The van der Waals surface area contributed by atoms with Crippen molar-refractivity contribution >= 4 is 0 Å². The van der Waals surface area contributed by atoms with Gasteiger partial charge >= 0.3 is 24.2 Å². The molecule has 154 valence electrons. The lowest BCUT2D eigenvalue weighted by atomic mass is 9.95. The summed E-state index contributed by atoms with van der Waals surface area (Å²) in [6, 6.07) is 2.47. The lowest BCUT2D eigenvalue weighted by Crippen LogP contribution is -2.34. The standard InChI is InChI=1S/C16H8F10O2/c17-13(18,15(21,22)23)9-5-7(1-3-11(9)27)8-2-4-12(28)10(6-8)14(19,20)16(24,25)26/h1-6,27-28H. The molecule has 0 aromatic heterocycles. The minimum absolute atomic E-state index is 0.102. The Labute approximate surface area is 149 Å². The number of aromatic hydroxyl groups is 2. The molecule has 2 nitrogen and oxygen atoms in total. The van der Waals surface area contributed by atoms with Crippen LogP contribution >= 0.6 is 0 Å². The second kappa shape index (κ2) is 6.45. The van der Waals surface area contributed by atoms with E-state index >= 15 is 0 Å². The van der Waals surface area contributed by atoms with Crippen molar-refractivity contribution in [3.8, 4) is 22.6 Å². The van der Waals surface area contributed by atoms with E-state index in [1.54, 1.807) is 0 Å². The monoisotopic (exact) mass is 422 g/mol. The highest BCUT2D eigenvalue weighted by molar-refractivity contribution is 5.68. The summed E-state index contributed by atoms with van der Waals surface area (Å²) in [7, 11) is 0. The van der Waals surface area contributed by atoms with E-state index in [1.807, 2.05) is 0 Å². The lowest BCUT2D eigenvalue weighted by molar-refractivity contribution is -0.289. The van der Waals surface area contributed by atoms with Crippen LogP contribution in [0.3, 0.4) is 0 Å². The first kappa shape index (κ1) is 21.6. The van der Waals surface area contributed by atoms with Gasteiger partial charge < -0.3 is 10.2 Å². The summed E-state index contributed by atoms with van der Waals surface area (Å²) >= 11 is 0. The van der Waals surface area contributed by atoms with E-state index in [0.717, 1.165) is 12.1 Å². The molecule has 2 rings (SSSR count). The van der Waals surface area contributed by atoms with E-state index in [4.69, 9.17) is 0 Å². The van der Waals surface area contributed by atoms with E-state index in [1.165, 1.54) is 0 Å². The zero-order valence-corrected chi connectivity index (χ0v) is 13.1. The molecule has 0 spiro atoms. The smallest absolute Gasteiger partial charge is 0.458 e. The van der Waals surface area contributed by atoms with E-state index in [2.05, 4.69) is 0 Å². The van der Waals surface area contributed by atoms with Crippen molar-refractivity contribution in [3.63, 3.8) is 0 Å². The molecule has 28 heavy (non-hydrogen) atoms. The van der Waals surface area contributed by atoms with Crippen LogP contribution in [0.1, 0.15) is 11.1 Å². The Bertz CT molecular complexity index is 810. The molecule has 2 N–H and O–H groups in total. The fourth-order valence-electron chi connectivity index (χ4n) is 2.24. The van der Waals surface area contributed by atoms with Crippen LogP contribution in [0.15, 0.2) is 36.4 Å². The maximum atomic E-state index is 13.5. The Kier molecular flexibility index (Phi) is 4.98. The average Bonchev–Trinajstić information content (AvgIpc) is 2.53. The van der Waals surface area contributed by atoms with Crippen LogP contribution in [0.5, 0.6) is 11.5 Å². The summed E-state index contributed by atoms with van der Waals surface area (Å²) < 4.78 is 129. The van der Waals surface area contributed by atoms with Crippen LogP contribution in [0, 0.1) is 0 Å². The summed E-state index contributed by atoms with van der Waals surface area (Å²) in [5.74, 6) is -14.0. The largest absolute Gasteiger partial charge is 0.507 e. The third-order valence-corrected chi connectivity index (χ3v) is 3.72. The van der Waals surface area contributed by atoms with Gasteiger partial charge in [0.25, 0.3) is 0 Å². The highest BCUT2D eigenvalue weighted by Crippen LogP contribution is 2.50. The van der Waals surface area contributed by atoms with Crippen LogP contribution in [-0.2, 0) is 11.8 Å². The number of hydrogen-bond acceptors (Lipinski definition) is 2. The van der Waals surface area contributed by atoms with Gasteiger partial charge in [-0.2, -0.15) is 43.9 Å². The summed E-state index contributed by atoms with van der Waals surface area (Å²) in [5, 5.41) is 18.7. The summed E-state index contributed by atoms with van der Waals surface area (Å²) in [4.78, 5) is 0. The summed E-state index contributed by atoms with van der Waals surface area (Å²) in [6.45, 7) is 0. The molecule has 0 saturated heterocycles. The molecule has 0 aliphatic heterocycles. The van der Waals surface area contributed by atoms with Crippen LogP contribution < -0.4 is 0 Å². The van der Waals surface area contributed by atoms with E-state index in [0.29, 0.717) is 12.1 Å². The molecule has 0 bridgehead atoms. The van der Waals surface area contributed by atoms with Crippen molar-refractivity contribution in [3.05, 3.63) is 47.5 Å². The molecule has 12 heteroatoms. The molecule has 0 aliphatic carbocycles. The van der Waals surface area contributed by atoms with Gasteiger partial charge in [0.05, 0.1) is 11.1 Å². The number of alkyl halides is 10. The average molecular weight is 422 g/mol. The van der Waals surface area contributed by atoms with Crippen molar-refractivity contribution in [2.24, 2.45) is 0 Å². The number of benzene rings is 2. The fourth-order valence-corrected chi connectivity index (χ4v) is 2.24. The van der Waals surface area contributed by atoms with Crippen molar-refractivity contribution in [1.82, 2.24) is 0 Å². The Hall–Kier alpha value is -2.66.